The molecule has 0 aliphatic rings. The van der Waals surface area contributed by atoms with E-state index in [0.29, 0.717) is 0 Å². The highest BCUT2D eigenvalue weighted by molar-refractivity contribution is 5.79. The van der Waals surface area contributed by atoms with Gasteiger partial charge in [0.05, 0.1) is 0 Å². The summed E-state index contributed by atoms with van der Waals surface area (Å²) in [5.74, 6) is 0.877. The van der Waals surface area contributed by atoms with E-state index in [0.717, 1.165) is 25.5 Å². The van der Waals surface area contributed by atoms with Gasteiger partial charge in [-0.2, -0.15) is 0 Å². The number of guanidine groups is 1. The van der Waals surface area contributed by atoms with E-state index in [1.165, 1.54) is 11.1 Å². The second-order valence-electron chi connectivity index (χ2n) is 5.60. The molecule has 0 unspecified atom stereocenters. The van der Waals surface area contributed by atoms with E-state index in [1.54, 1.807) is 0 Å². The Morgan fingerprint density at radius 3 is 2.32 bits per heavy atom. The van der Waals surface area contributed by atoms with Crippen molar-refractivity contribution < 1.29 is 0 Å². The number of aliphatic imine (C=N–C) groups is 1. The number of nitrogens with zero attached hydrogens (tertiary/aromatic N) is 1. The lowest BCUT2D eigenvalue weighted by Crippen LogP contribution is -2.43. The number of aryl methyl sites for hydroxylation is 1. The summed E-state index contributed by atoms with van der Waals surface area (Å²) in [4.78, 5) is 4.23. The zero-order valence-electron chi connectivity index (χ0n) is 12.9. The molecular weight excluding hydrogens is 234 g/mol. The largest absolute Gasteiger partial charge is 0.356 e. The molecule has 106 valence electrons. The van der Waals surface area contributed by atoms with Crippen molar-refractivity contribution in [3.63, 3.8) is 0 Å². The number of hydrogen-bond donors (Lipinski definition) is 2. The maximum absolute atomic E-state index is 4.23. The average Bonchev–Trinajstić information content (AvgIpc) is 2.39. The minimum Gasteiger partial charge on any atom is -0.356 e. The Bertz CT molecular complexity index is 405. The lowest BCUT2D eigenvalue weighted by molar-refractivity contribution is 0.508. The van der Waals surface area contributed by atoms with E-state index in [4.69, 9.17) is 0 Å². The fraction of sp³-hybridized carbons (Fsp3) is 0.562. The van der Waals surface area contributed by atoms with Crippen molar-refractivity contribution in [2.45, 2.75) is 39.5 Å². The number of nitrogens with one attached hydrogen (secondary N) is 2. The fourth-order valence-corrected chi connectivity index (χ4v) is 1.88. The van der Waals surface area contributed by atoms with E-state index in [-0.39, 0.29) is 5.41 Å². The van der Waals surface area contributed by atoms with Crippen LogP contribution in [0.2, 0.25) is 0 Å². The van der Waals surface area contributed by atoms with E-state index >= 15 is 0 Å². The van der Waals surface area contributed by atoms with Crippen molar-refractivity contribution in [3.05, 3.63) is 35.4 Å². The maximum Gasteiger partial charge on any atom is 0.191 e. The van der Waals surface area contributed by atoms with Gasteiger partial charge in [0.15, 0.2) is 5.96 Å². The van der Waals surface area contributed by atoms with Crippen LogP contribution in [0.3, 0.4) is 0 Å². The molecular formula is C16H27N3. The first-order valence-electron chi connectivity index (χ1n) is 7.01. The van der Waals surface area contributed by atoms with Crippen LogP contribution >= 0.6 is 0 Å². The molecule has 0 aliphatic carbocycles. The van der Waals surface area contributed by atoms with Crippen molar-refractivity contribution in [1.82, 2.24) is 10.6 Å². The number of benzene rings is 1. The smallest absolute Gasteiger partial charge is 0.191 e. The van der Waals surface area contributed by atoms with Gasteiger partial charge in [-0.3, -0.25) is 4.99 Å². The molecule has 0 amide bonds. The van der Waals surface area contributed by atoms with Crippen LogP contribution in [0, 0.1) is 6.92 Å². The van der Waals surface area contributed by atoms with Gasteiger partial charge in [0.25, 0.3) is 0 Å². The molecule has 0 aromatic heterocycles. The van der Waals surface area contributed by atoms with Crippen molar-refractivity contribution >= 4 is 5.96 Å². The number of hydrogen-bond acceptors (Lipinski definition) is 1. The molecule has 0 fully saturated rings. The Hall–Kier alpha value is -1.51. The summed E-state index contributed by atoms with van der Waals surface area (Å²) >= 11 is 0. The van der Waals surface area contributed by atoms with E-state index in [2.05, 4.69) is 67.6 Å². The van der Waals surface area contributed by atoms with Crippen LogP contribution in [0.1, 0.15) is 38.3 Å². The van der Waals surface area contributed by atoms with Gasteiger partial charge in [0.2, 0.25) is 0 Å². The van der Waals surface area contributed by atoms with Gasteiger partial charge in [-0.25, -0.2) is 0 Å². The maximum atomic E-state index is 4.23. The number of rotatable bonds is 5. The molecule has 0 heterocycles. The topological polar surface area (TPSA) is 36.4 Å². The zero-order valence-corrected chi connectivity index (χ0v) is 12.9. The van der Waals surface area contributed by atoms with Crippen LogP contribution in [-0.4, -0.2) is 26.1 Å². The highest BCUT2D eigenvalue weighted by Gasteiger charge is 2.20. The van der Waals surface area contributed by atoms with Gasteiger partial charge in [-0.05, 0) is 18.9 Å². The molecule has 0 atom stereocenters. The monoisotopic (exact) mass is 261 g/mol. The normalized spacial score (nSPS) is 12.4. The fourth-order valence-electron chi connectivity index (χ4n) is 1.88. The van der Waals surface area contributed by atoms with Gasteiger partial charge in [0.1, 0.15) is 0 Å². The minimum atomic E-state index is 0.0809. The third-order valence-corrected chi connectivity index (χ3v) is 3.30. The summed E-state index contributed by atoms with van der Waals surface area (Å²) in [6, 6.07) is 8.75. The second-order valence-corrected chi connectivity index (χ2v) is 5.60. The van der Waals surface area contributed by atoms with Crippen LogP contribution in [0.25, 0.3) is 0 Å². The van der Waals surface area contributed by atoms with Crippen molar-refractivity contribution in [2.24, 2.45) is 4.99 Å². The van der Waals surface area contributed by atoms with E-state index < -0.39 is 0 Å². The highest BCUT2D eigenvalue weighted by Crippen LogP contribution is 2.22. The molecule has 0 radical (unpaired) electrons. The summed E-state index contributed by atoms with van der Waals surface area (Å²) in [7, 11) is 1.81. The molecule has 3 nitrogen and oxygen atoms in total. The Kier molecular flexibility index (Phi) is 5.87. The molecule has 1 aromatic rings. The minimum absolute atomic E-state index is 0.0809. The zero-order chi connectivity index (χ0) is 14.3. The van der Waals surface area contributed by atoms with Gasteiger partial charge < -0.3 is 10.6 Å². The average molecular weight is 261 g/mol. The first-order chi connectivity index (χ1) is 8.99. The molecule has 0 saturated heterocycles. The first-order valence-corrected chi connectivity index (χ1v) is 7.01. The molecule has 0 aliphatic heterocycles. The molecule has 0 saturated carbocycles. The van der Waals surface area contributed by atoms with Gasteiger partial charge in [-0.15, -0.1) is 0 Å². The second kappa shape index (κ2) is 7.17. The standard InChI is InChI=1S/C16H27N3/c1-6-11-18-15(17-5)19-12-16(3,4)14-9-7-13(2)8-10-14/h7-10H,6,11-12H2,1-5H3,(H2,17,18,19). The molecule has 0 spiro atoms. The summed E-state index contributed by atoms with van der Waals surface area (Å²) in [6.45, 7) is 10.6. The molecule has 3 heteroatoms. The summed E-state index contributed by atoms with van der Waals surface area (Å²) in [5, 5.41) is 6.69. The summed E-state index contributed by atoms with van der Waals surface area (Å²) < 4.78 is 0. The predicted octanol–water partition coefficient (Wildman–Crippen LogP) is 2.85. The Labute approximate surface area is 117 Å². The van der Waals surface area contributed by atoms with Crippen LogP contribution in [0.15, 0.2) is 29.3 Å². The van der Waals surface area contributed by atoms with Gasteiger partial charge in [0, 0.05) is 25.6 Å². The molecule has 1 rings (SSSR count). The Morgan fingerprint density at radius 2 is 1.79 bits per heavy atom. The molecule has 19 heavy (non-hydrogen) atoms. The van der Waals surface area contributed by atoms with E-state index in [1.807, 2.05) is 7.05 Å². The lowest BCUT2D eigenvalue weighted by atomic mass is 9.84. The van der Waals surface area contributed by atoms with Crippen molar-refractivity contribution in [3.8, 4) is 0 Å². The van der Waals surface area contributed by atoms with Crippen LogP contribution < -0.4 is 10.6 Å². The van der Waals surface area contributed by atoms with Crippen LogP contribution in [0.5, 0.6) is 0 Å². The molecule has 1 aromatic carbocycles. The summed E-state index contributed by atoms with van der Waals surface area (Å²) in [6.07, 6.45) is 1.10. The SMILES string of the molecule is CCCNC(=NC)NCC(C)(C)c1ccc(C)cc1. The first kappa shape index (κ1) is 15.5. The highest BCUT2D eigenvalue weighted by atomic mass is 15.2. The van der Waals surface area contributed by atoms with Gasteiger partial charge >= 0.3 is 0 Å². The Morgan fingerprint density at radius 1 is 1.16 bits per heavy atom. The van der Waals surface area contributed by atoms with E-state index in [9.17, 15) is 0 Å². The molecule has 0 bridgehead atoms. The van der Waals surface area contributed by atoms with Crippen LogP contribution in [-0.2, 0) is 5.41 Å². The predicted molar refractivity (Wildman–Crippen MR) is 83.9 cm³/mol. The Balaban J connectivity index is 2.61. The van der Waals surface area contributed by atoms with Gasteiger partial charge in [-0.1, -0.05) is 50.6 Å². The molecule has 2 N–H and O–H groups in total. The van der Waals surface area contributed by atoms with Crippen molar-refractivity contribution in [2.75, 3.05) is 20.1 Å². The van der Waals surface area contributed by atoms with Crippen molar-refractivity contribution in [1.29, 1.82) is 0 Å². The summed E-state index contributed by atoms with van der Waals surface area (Å²) in [5.41, 5.74) is 2.72. The third kappa shape index (κ3) is 4.93. The lowest BCUT2D eigenvalue weighted by Gasteiger charge is -2.27. The quantitative estimate of drug-likeness (QED) is 0.631. The third-order valence-electron chi connectivity index (χ3n) is 3.30. The van der Waals surface area contributed by atoms with Crippen LogP contribution in [0.4, 0.5) is 0 Å².